The Bertz CT molecular complexity index is 565. The zero-order chi connectivity index (χ0) is 18.4. The molecule has 0 saturated carbocycles. The van der Waals surface area contributed by atoms with Gasteiger partial charge in [0.2, 0.25) is 0 Å². The number of nitrogens with one attached hydrogen (secondary N) is 1. The van der Waals surface area contributed by atoms with Gasteiger partial charge in [-0.3, -0.25) is 0 Å². The number of carbonyl (C=O) groups excluding carboxylic acids is 1. The molecule has 1 amide bonds. The van der Waals surface area contributed by atoms with Gasteiger partial charge in [-0.1, -0.05) is 30.3 Å². The normalized spacial score (nSPS) is 14.4. The average molecular weight is 332 g/mol. The quantitative estimate of drug-likeness (QED) is 0.889. The van der Waals surface area contributed by atoms with Gasteiger partial charge >= 0.3 is 6.09 Å². The molecule has 0 aliphatic rings. The molecule has 0 unspecified atom stereocenters. The summed E-state index contributed by atoms with van der Waals surface area (Å²) in [4.78, 5) is 12.1. The molecule has 0 bridgehead atoms. The van der Waals surface area contributed by atoms with Crippen molar-refractivity contribution in [1.82, 2.24) is 5.32 Å². The lowest BCUT2D eigenvalue weighted by atomic mass is 10.0. The molecule has 2 atom stereocenters. The second-order valence-corrected chi connectivity index (χ2v) is 7.72. The average Bonchev–Trinajstić information content (AvgIpc) is 2.42. The number of alkyl carbamates (subject to hydrolysis) is 1. The minimum Gasteiger partial charge on any atom is -0.444 e. The molecule has 0 aliphatic carbocycles. The third kappa shape index (κ3) is 7.98. The Labute approximate surface area is 145 Å². The summed E-state index contributed by atoms with van der Waals surface area (Å²) >= 11 is 0. The highest BCUT2D eigenvalue weighted by molar-refractivity contribution is 5.68. The van der Waals surface area contributed by atoms with Gasteiger partial charge in [0.05, 0.1) is 17.7 Å². The topological polar surface area (TPSA) is 71.3 Å². The zero-order valence-electron chi connectivity index (χ0n) is 15.4. The highest BCUT2D eigenvalue weighted by Gasteiger charge is 2.30. The van der Waals surface area contributed by atoms with E-state index in [0.717, 1.165) is 5.56 Å². The molecule has 24 heavy (non-hydrogen) atoms. The molecule has 0 spiro atoms. The van der Waals surface area contributed by atoms with Crippen LogP contribution in [0.1, 0.15) is 47.1 Å². The van der Waals surface area contributed by atoms with Crippen molar-refractivity contribution in [3.05, 3.63) is 35.9 Å². The second kappa shape index (κ2) is 8.16. The lowest BCUT2D eigenvalue weighted by Gasteiger charge is -2.30. The fourth-order valence-corrected chi connectivity index (χ4v) is 2.14. The van der Waals surface area contributed by atoms with Crippen LogP contribution < -0.4 is 5.32 Å². The van der Waals surface area contributed by atoms with Crippen LogP contribution in [0, 0.1) is 11.3 Å². The van der Waals surface area contributed by atoms with Crippen molar-refractivity contribution in [1.29, 1.82) is 5.26 Å². The highest BCUT2D eigenvalue weighted by Crippen LogP contribution is 2.17. The van der Waals surface area contributed by atoms with E-state index in [4.69, 9.17) is 9.47 Å². The van der Waals surface area contributed by atoms with E-state index in [1.807, 2.05) is 51.1 Å². The van der Waals surface area contributed by atoms with Crippen LogP contribution in [0.25, 0.3) is 0 Å². The Kier molecular flexibility index (Phi) is 6.80. The number of benzene rings is 1. The molecule has 132 valence electrons. The summed E-state index contributed by atoms with van der Waals surface area (Å²) in [6.45, 7) is 11.0. The molecular formula is C19H28N2O3. The lowest BCUT2D eigenvalue weighted by Crippen LogP contribution is -2.49. The Balaban J connectivity index is 2.93. The van der Waals surface area contributed by atoms with Crippen LogP contribution >= 0.6 is 0 Å². The van der Waals surface area contributed by atoms with Gasteiger partial charge in [-0.2, -0.15) is 5.26 Å². The maximum absolute atomic E-state index is 12.1. The van der Waals surface area contributed by atoms with E-state index in [2.05, 4.69) is 11.4 Å². The van der Waals surface area contributed by atoms with Crippen molar-refractivity contribution in [3.63, 3.8) is 0 Å². The first-order chi connectivity index (χ1) is 11.0. The summed E-state index contributed by atoms with van der Waals surface area (Å²) in [5.41, 5.74) is -0.0874. The Morgan fingerprint density at radius 3 is 2.17 bits per heavy atom. The predicted molar refractivity (Wildman–Crippen MR) is 93.5 cm³/mol. The van der Waals surface area contributed by atoms with Crippen LogP contribution in [-0.2, 0) is 15.9 Å². The molecule has 0 saturated heterocycles. The first kappa shape index (κ1) is 20.0. The van der Waals surface area contributed by atoms with Gasteiger partial charge in [-0.15, -0.1) is 0 Å². The van der Waals surface area contributed by atoms with Crippen molar-refractivity contribution in [3.8, 4) is 6.07 Å². The van der Waals surface area contributed by atoms with E-state index < -0.39 is 29.4 Å². The minimum atomic E-state index is -0.780. The molecule has 0 heterocycles. The summed E-state index contributed by atoms with van der Waals surface area (Å²) in [5.74, 6) is 0. The van der Waals surface area contributed by atoms with Gasteiger partial charge in [-0.05, 0) is 53.5 Å². The number of ether oxygens (including phenoxy) is 2. The van der Waals surface area contributed by atoms with Crippen LogP contribution in [0.5, 0.6) is 0 Å². The zero-order valence-corrected chi connectivity index (χ0v) is 15.4. The standard InChI is InChI=1S/C19H28N2O3/c1-18(2,3)23-16(13-20)15(12-14-10-8-7-9-11-14)21-17(22)24-19(4,5)6/h7-11,15-16H,12H2,1-6H3,(H,21,22)/t15-,16-/m0/s1. The second-order valence-electron chi connectivity index (χ2n) is 7.72. The van der Waals surface area contributed by atoms with Gasteiger partial charge in [0.1, 0.15) is 5.60 Å². The van der Waals surface area contributed by atoms with Gasteiger partial charge < -0.3 is 14.8 Å². The van der Waals surface area contributed by atoms with Gasteiger partial charge in [0.25, 0.3) is 0 Å². The number of hydrogen-bond donors (Lipinski definition) is 1. The molecule has 5 nitrogen and oxygen atoms in total. The molecule has 0 aromatic heterocycles. The summed E-state index contributed by atoms with van der Waals surface area (Å²) in [5, 5.41) is 12.3. The summed E-state index contributed by atoms with van der Waals surface area (Å²) in [6, 6.07) is 11.3. The van der Waals surface area contributed by atoms with Gasteiger partial charge in [0, 0.05) is 0 Å². The smallest absolute Gasteiger partial charge is 0.408 e. The maximum Gasteiger partial charge on any atom is 0.408 e. The van der Waals surface area contributed by atoms with Crippen LogP contribution in [-0.4, -0.2) is 29.4 Å². The first-order valence-electron chi connectivity index (χ1n) is 8.11. The molecule has 1 aromatic rings. The third-order valence-corrected chi connectivity index (χ3v) is 2.97. The Morgan fingerprint density at radius 2 is 1.71 bits per heavy atom. The Morgan fingerprint density at radius 1 is 1.12 bits per heavy atom. The van der Waals surface area contributed by atoms with Gasteiger partial charge in [-0.25, -0.2) is 4.79 Å². The molecule has 0 aliphatic heterocycles. The SMILES string of the molecule is CC(C)(C)OC(=O)N[C@@H](Cc1ccccc1)[C@H](C#N)OC(C)(C)C. The number of nitrogens with zero attached hydrogens (tertiary/aromatic N) is 1. The number of amides is 1. The van der Waals surface area contributed by atoms with E-state index in [-0.39, 0.29) is 0 Å². The highest BCUT2D eigenvalue weighted by atomic mass is 16.6. The molecule has 1 aromatic carbocycles. The van der Waals surface area contributed by atoms with E-state index in [1.54, 1.807) is 20.8 Å². The van der Waals surface area contributed by atoms with Crippen LogP contribution in [0.15, 0.2) is 30.3 Å². The molecule has 0 fully saturated rings. The number of carbonyl (C=O) groups is 1. The minimum absolute atomic E-state index is 0.481. The third-order valence-electron chi connectivity index (χ3n) is 2.97. The molecular weight excluding hydrogens is 304 g/mol. The largest absolute Gasteiger partial charge is 0.444 e. The van der Waals surface area contributed by atoms with Crippen molar-refractivity contribution in [2.24, 2.45) is 0 Å². The van der Waals surface area contributed by atoms with Crippen molar-refractivity contribution >= 4 is 6.09 Å². The molecule has 1 N–H and O–H groups in total. The maximum atomic E-state index is 12.1. The molecule has 5 heteroatoms. The van der Waals surface area contributed by atoms with Crippen molar-refractivity contribution in [2.45, 2.75) is 71.3 Å². The van der Waals surface area contributed by atoms with Crippen molar-refractivity contribution < 1.29 is 14.3 Å². The molecule has 0 radical (unpaired) electrons. The summed E-state index contributed by atoms with van der Waals surface area (Å²) < 4.78 is 11.1. The van der Waals surface area contributed by atoms with E-state index in [9.17, 15) is 10.1 Å². The molecule has 1 rings (SSSR count). The first-order valence-corrected chi connectivity index (χ1v) is 8.11. The monoisotopic (exact) mass is 332 g/mol. The van der Waals surface area contributed by atoms with E-state index in [0.29, 0.717) is 6.42 Å². The number of hydrogen-bond acceptors (Lipinski definition) is 4. The van der Waals surface area contributed by atoms with Crippen LogP contribution in [0.4, 0.5) is 4.79 Å². The number of nitriles is 1. The lowest BCUT2D eigenvalue weighted by molar-refractivity contribution is -0.0502. The number of rotatable bonds is 5. The van der Waals surface area contributed by atoms with Crippen molar-refractivity contribution in [2.75, 3.05) is 0 Å². The summed E-state index contributed by atoms with van der Waals surface area (Å²) in [6.07, 6.45) is -0.854. The fraction of sp³-hybridized carbons (Fsp3) is 0.579. The van der Waals surface area contributed by atoms with Gasteiger partial charge in [0.15, 0.2) is 6.10 Å². The van der Waals surface area contributed by atoms with E-state index in [1.165, 1.54) is 0 Å². The van der Waals surface area contributed by atoms with E-state index >= 15 is 0 Å². The summed E-state index contributed by atoms with van der Waals surface area (Å²) in [7, 11) is 0. The van der Waals surface area contributed by atoms with Crippen LogP contribution in [0.2, 0.25) is 0 Å². The Hall–Kier alpha value is -2.06. The van der Waals surface area contributed by atoms with Crippen LogP contribution in [0.3, 0.4) is 0 Å². The predicted octanol–water partition coefficient (Wildman–Crippen LogP) is 3.83. The fourth-order valence-electron chi connectivity index (χ4n) is 2.14.